The summed E-state index contributed by atoms with van der Waals surface area (Å²) < 4.78 is 0. The summed E-state index contributed by atoms with van der Waals surface area (Å²) >= 11 is 0. The summed E-state index contributed by atoms with van der Waals surface area (Å²) in [5, 5.41) is 12.2. The summed E-state index contributed by atoms with van der Waals surface area (Å²) in [5.74, 6) is 0.290. The molecule has 0 saturated carbocycles. The Balaban J connectivity index is 2.24. The van der Waals surface area contributed by atoms with Crippen LogP contribution >= 0.6 is 0 Å². The van der Waals surface area contributed by atoms with Crippen LogP contribution < -0.4 is 10.2 Å². The van der Waals surface area contributed by atoms with Crippen LogP contribution in [0.4, 0.5) is 11.4 Å². The minimum Gasteiger partial charge on any atom is -0.481 e. The number of carbonyl (C=O) groups is 2. The van der Waals surface area contributed by atoms with Crippen LogP contribution in [0.25, 0.3) is 5.70 Å². The van der Waals surface area contributed by atoms with E-state index in [9.17, 15) is 19.5 Å². The molecule has 0 spiro atoms. The van der Waals surface area contributed by atoms with E-state index < -0.39 is 24.3 Å². The highest BCUT2D eigenvalue weighted by molar-refractivity contribution is 6.17. The lowest BCUT2D eigenvalue weighted by Crippen LogP contribution is -2.41. The molecule has 0 saturated heterocycles. The molecule has 6 nitrogen and oxygen atoms in total. The topological polar surface area (TPSA) is 86.7 Å². The molecule has 2 aromatic carbocycles. The van der Waals surface area contributed by atoms with Gasteiger partial charge in [0.1, 0.15) is 11.7 Å². The second kappa shape index (κ2) is 7.25. The quantitative estimate of drug-likeness (QED) is 0.828. The van der Waals surface area contributed by atoms with Gasteiger partial charge < -0.3 is 10.4 Å². The summed E-state index contributed by atoms with van der Waals surface area (Å²) in [5.41, 5.74) is 2.55. The number of carboxylic acid groups (broad SMARTS) is 1. The maximum Gasteiger partial charge on any atom is 0.305 e. The lowest BCUT2D eigenvalue weighted by Gasteiger charge is -2.26. The first-order valence-corrected chi connectivity index (χ1v) is 8.31. The van der Waals surface area contributed by atoms with Crippen LogP contribution in [-0.2, 0) is 20.8 Å². The van der Waals surface area contributed by atoms with Crippen LogP contribution in [0, 0.1) is 0 Å². The number of carboxylic acids is 1. The summed E-state index contributed by atoms with van der Waals surface area (Å²) in [6.45, 7) is 1.95. The van der Waals surface area contributed by atoms with E-state index in [2.05, 4.69) is 5.32 Å². The number of nitrogens with one attached hydrogen (secondary N) is 1. The molecule has 0 fully saturated rings. The van der Waals surface area contributed by atoms with Crippen molar-refractivity contribution in [1.82, 2.24) is 0 Å². The van der Waals surface area contributed by atoms with E-state index >= 15 is 0 Å². The van der Waals surface area contributed by atoms with Crippen molar-refractivity contribution >= 4 is 34.9 Å². The normalized spacial score (nSPS) is 16.3. The van der Waals surface area contributed by atoms with Crippen LogP contribution in [-0.4, -0.2) is 29.0 Å². The number of amides is 1. The Bertz CT molecular complexity index is 916. The van der Waals surface area contributed by atoms with Gasteiger partial charge in [-0.25, -0.2) is 4.79 Å². The van der Waals surface area contributed by atoms with E-state index in [4.69, 9.17) is 0 Å². The molecule has 2 aromatic rings. The lowest BCUT2D eigenvalue weighted by atomic mass is 10.1. The third-order valence-corrected chi connectivity index (χ3v) is 4.34. The van der Waals surface area contributed by atoms with Crippen molar-refractivity contribution in [3.05, 3.63) is 59.7 Å². The van der Waals surface area contributed by atoms with Gasteiger partial charge in [-0.1, -0.05) is 43.3 Å². The Labute approximate surface area is 150 Å². The molecule has 6 heteroatoms. The fraction of sp³-hybridized carbons (Fsp3) is 0.200. The zero-order chi connectivity index (χ0) is 18.7. The summed E-state index contributed by atoms with van der Waals surface area (Å²) in [6, 6.07) is 13.2. The van der Waals surface area contributed by atoms with Crippen LogP contribution in [0.15, 0.2) is 48.5 Å². The first-order valence-electron chi connectivity index (χ1n) is 8.31. The Morgan fingerprint density at radius 3 is 2.58 bits per heavy atom. The van der Waals surface area contributed by atoms with Gasteiger partial charge in [0, 0.05) is 11.3 Å². The number of benzene rings is 2. The lowest BCUT2D eigenvalue weighted by molar-refractivity contribution is -0.138. The van der Waals surface area contributed by atoms with Crippen LogP contribution in [0.2, 0.25) is 0 Å². The SMILES string of the molecule is CCc1ccccc1N1C(=O)C(CC(=O)O)Nc2ccccc2C1=C=O. The van der Waals surface area contributed by atoms with Gasteiger partial charge in [0.2, 0.25) is 0 Å². The average molecular weight is 350 g/mol. The molecule has 1 amide bonds. The maximum atomic E-state index is 13.2. The second-order valence-corrected chi connectivity index (χ2v) is 5.95. The highest BCUT2D eigenvalue weighted by Gasteiger charge is 2.36. The van der Waals surface area contributed by atoms with E-state index in [0.717, 1.165) is 5.56 Å². The van der Waals surface area contributed by atoms with Crippen molar-refractivity contribution < 1.29 is 19.5 Å². The van der Waals surface area contributed by atoms with Crippen molar-refractivity contribution in [3.63, 3.8) is 0 Å². The standard InChI is InChI=1S/C20H18N2O4/c1-2-13-7-3-6-10-17(13)22-18(12-23)14-8-4-5-9-15(14)21-16(20(22)26)11-19(24)25/h3-10,16,21H,2,11H2,1H3,(H,24,25). The van der Waals surface area contributed by atoms with E-state index in [1.807, 2.05) is 25.0 Å². The van der Waals surface area contributed by atoms with Gasteiger partial charge in [-0.05, 0) is 24.1 Å². The van der Waals surface area contributed by atoms with E-state index in [1.54, 1.807) is 36.4 Å². The van der Waals surface area contributed by atoms with Crippen LogP contribution in [0.5, 0.6) is 0 Å². The van der Waals surface area contributed by atoms with Crippen molar-refractivity contribution in [2.24, 2.45) is 0 Å². The molecular formula is C20H18N2O4. The van der Waals surface area contributed by atoms with Gasteiger partial charge >= 0.3 is 5.97 Å². The number of aryl methyl sites for hydroxylation is 1. The number of hydrogen-bond donors (Lipinski definition) is 2. The zero-order valence-corrected chi connectivity index (χ0v) is 14.2. The van der Waals surface area contributed by atoms with Gasteiger partial charge in [-0.3, -0.25) is 14.5 Å². The number of anilines is 2. The number of aliphatic carboxylic acids is 1. The first kappa shape index (κ1) is 17.5. The molecule has 0 radical (unpaired) electrons. The molecule has 3 rings (SSSR count). The van der Waals surface area contributed by atoms with E-state index in [1.165, 1.54) is 4.90 Å². The zero-order valence-electron chi connectivity index (χ0n) is 14.2. The minimum atomic E-state index is -1.10. The molecular weight excluding hydrogens is 332 g/mol. The Hall–Kier alpha value is -3.37. The van der Waals surface area contributed by atoms with E-state index in [0.29, 0.717) is 23.4 Å². The van der Waals surface area contributed by atoms with Gasteiger partial charge in [0.05, 0.1) is 12.1 Å². The third-order valence-electron chi connectivity index (χ3n) is 4.34. The number of fused-ring (bicyclic) bond motifs is 1. The summed E-state index contributed by atoms with van der Waals surface area (Å²) in [7, 11) is 0. The highest BCUT2D eigenvalue weighted by Crippen LogP contribution is 2.35. The molecule has 2 N–H and O–H groups in total. The molecule has 0 bridgehead atoms. The second-order valence-electron chi connectivity index (χ2n) is 5.95. The molecule has 132 valence electrons. The van der Waals surface area contributed by atoms with Crippen LogP contribution in [0.3, 0.4) is 0 Å². The molecule has 1 atom stereocenters. The highest BCUT2D eigenvalue weighted by atomic mass is 16.4. The minimum absolute atomic E-state index is 0.0758. The van der Waals surface area contributed by atoms with Crippen LogP contribution in [0.1, 0.15) is 24.5 Å². The predicted molar refractivity (Wildman–Crippen MR) is 98.5 cm³/mol. The van der Waals surface area contributed by atoms with Crippen molar-refractivity contribution in [2.45, 2.75) is 25.8 Å². The van der Waals surface area contributed by atoms with Gasteiger partial charge in [-0.15, -0.1) is 0 Å². The number of nitrogens with zero attached hydrogens (tertiary/aromatic N) is 1. The van der Waals surface area contributed by atoms with E-state index in [-0.39, 0.29) is 5.70 Å². The summed E-state index contributed by atoms with van der Waals surface area (Å²) in [4.78, 5) is 37.6. The Morgan fingerprint density at radius 2 is 1.88 bits per heavy atom. The van der Waals surface area contributed by atoms with Gasteiger partial charge in [-0.2, -0.15) is 0 Å². The molecule has 1 aliphatic heterocycles. The van der Waals surface area contributed by atoms with Crippen molar-refractivity contribution in [1.29, 1.82) is 0 Å². The molecule has 1 unspecified atom stereocenters. The predicted octanol–water partition coefficient (Wildman–Crippen LogP) is 2.72. The third kappa shape index (κ3) is 3.10. The molecule has 0 aliphatic carbocycles. The molecule has 0 aromatic heterocycles. The Morgan fingerprint density at radius 1 is 1.19 bits per heavy atom. The van der Waals surface area contributed by atoms with Crippen molar-refractivity contribution in [3.8, 4) is 0 Å². The number of carbonyl (C=O) groups excluding carboxylic acids is 2. The fourth-order valence-corrected chi connectivity index (χ4v) is 3.13. The largest absolute Gasteiger partial charge is 0.481 e. The Kier molecular flexibility index (Phi) is 4.87. The van der Waals surface area contributed by atoms with Crippen molar-refractivity contribution in [2.75, 3.05) is 10.2 Å². The molecule has 26 heavy (non-hydrogen) atoms. The number of hydrogen-bond acceptors (Lipinski definition) is 4. The first-order chi connectivity index (χ1) is 12.6. The maximum absolute atomic E-state index is 13.2. The molecule has 1 aliphatic rings. The molecule has 1 heterocycles. The van der Waals surface area contributed by atoms with Gasteiger partial charge in [0.25, 0.3) is 5.91 Å². The fourth-order valence-electron chi connectivity index (χ4n) is 3.13. The monoisotopic (exact) mass is 350 g/mol. The number of rotatable bonds is 4. The van der Waals surface area contributed by atoms with Gasteiger partial charge in [0.15, 0.2) is 5.94 Å². The number of para-hydroxylation sites is 2. The average Bonchev–Trinajstić information content (AvgIpc) is 2.76. The summed E-state index contributed by atoms with van der Waals surface area (Å²) in [6.07, 6.45) is 0.259. The smallest absolute Gasteiger partial charge is 0.305 e.